The van der Waals surface area contributed by atoms with Crippen molar-refractivity contribution >= 4 is 5.91 Å². The third-order valence-corrected chi connectivity index (χ3v) is 6.38. The maximum Gasteiger partial charge on any atom is 0.226 e. The van der Waals surface area contributed by atoms with Crippen LogP contribution in [0.3, 0.4) is 0 Å². The molecule has 5 rings (SSSR count). The zero-order valence-corrected chi connectivity index (χ0v) is 12.4. The largest absolute Gasteiger partial charge is 0.381 e. The summed E-state index contributed by atoms with van der Waals surface area (Å²) in [7, 11) is 0. The van der Waals surface area contributed by atoms with Gasteiger partial charge in [0.05, 0.1) is 0 Å². The van der Waals surface area contributed by atoms with Gasteiger partial charge >= 0.3 is 0 Å². The average molecular weight is 277 g/mol. The fourth-order valence-corrected chi connectivity index (χ4v) is 5.78. The molecule has 3 heteroatoms. The quantitative estimate of drug-likeness (QED) is 0.858. The van der Waals surface area contributed by atoms with E-state index in [1.807, 2.05) is 0 Å². The summed E-state index contributed by atoms with van der Waals surface area (Å²) in [5.41, 5.74) is 0.0287. The van der Waals surface area contributed by atoms with E-state index >= 15 is 0 Å². The third-order valence-electron chi connectivity index (χ3n) is 6.38. The summed E-state index contributed by atoms with van der Waals surface area (Å²) >= 11 is 0. The molecule has 4 bridgehead atoms. The highest BCUT2D eigenvalue weighted by atomic mass is 16.5. The summed E-state index contributed by atoms with van der Waals surface area (Å²) in [4.78, 5) is 12.7. The van der Waals surface area contributed by atoms with Gasteiger partial charge in [-0.2, -0.15) is 0 Å². The number of rotatable bonds is 4. The lowest BCUT2D eigenvalue weighted by molar-refractivity contribution is -0.146. The third kappa shape index (κ3) is 2.28. The molecule has 0 aromatic heterocycles. The summed E-state index contributed by atoms with van der Waals surface area (Å²) in [6.07, 6.45) is 10.0. The van der Waals surface area contributed by atoms with E-state index < -0.39 is 0 Å². The summed E-state index contributed by atoms with van der Waals surface area (Å²) in [5, 5.41) is 3.27. The standard InChI is InChI=1S/C17H27NO2/c19-16(18-3-1-12-2-4-20-11-12)17-8-13-5-14(9-17)7-15(6-13)10-17/h12-15H,1-11H2,(H,18,19)/t12-,13?,14?,15?,17?/m1/s1. The topological polar surface area (TPSA) is 38.3 Å². The Bertz CT molecular complexity index is 351. The molecule has 1 aliphatic heterocycles. The van der Waals surface area contributed by atoms with E-state index in [-0.39, 0.29) is 5.41 Å². The predicted octanol–water partition coefficient (Wildman–Crippen LogP) is 2.75. The maximum absolute atomic E-state index is 12.7. The Kier molecular flexibility index (Phi) is 3.29. The number of hydrogen-bond acceptors (Lipinski definition) is 2. The van der Waals surface area contributed by atoms with Gasteiger partial charge in [0.2, 0.25) is 5.91 Å². The van der Waals surface area contributed by atoms with Crippen LogP contribution in [-0.4, -0.2) is 25.7 Å². The molecule has 20 heavy (non-hydrogen) atoms. The first kappa shape index (κ1) is 13.1. The van der Waals surface area contributed by atoms with Gasteiger partial charge in [0.15, 0.2) is 0 Å². The number of nitrogens with one attached hydrogen (secondary N) is 1. The van der Waals surface area contributed by atoms with Crippen LogP contribution in [0, 0.1) is 29.1 Å². The summed E-state index contributed by atoms with van der Waals surface area (Å²) in [6.45, 7) is 2.66. The van der Waals surface area contributed by atoms with Crippen LogP contribution in [0.2, 0.25) is 0 Å². The minimum absolute atomic E-state index is 0.0287. The summed E-state index contributed by atoms with van der Waals surface area (Å²) < 4.78 is 5.40. The van der Waals surface area contributed by atoms with Gasteiger partial charge in [0, 0.05) is 25.2 Å². The summed E-state index contributed by atoms with van der Waals surface area (Å²) in [5.74, 6) is 3.63. The molecular formula is C17H27NO2. The van der Waals surface area contributed by atoms with E-state index in [1.54, 1.807) is 0 Å². The van der Waals surface area contributed by atoms with Crippen molar-refractivity contribution in [2.45, 2.75) is 51.4 Å². The molecule has 5 aliphatic rings. The smallest absolute Gasteiger partial charge is 0.226 e. The molecule has 5 fully saturated rings. The van der Waals surface area contributed by atoms with Gasteiger partial charge < -0.3 is 10.1 Å². The van der Waals surface area contributed by atoms with Gasteiger partial charge in [-0.15, -0.1) is 0 Å². The van der Waals surface area contributed by atoms with Crippen molar-refractivity contribution in [2.24, 2.45) is 29.1 Å². The Balaban J connectivity index is 1.33. The van der Waals surface area contributed by atoms with Crippen molar-refractivity contribution < 1.29 is 9.53 Å². The SMILES string of the molecule is O=C(NCC[C@@H]1CCOC1)C12CC3CC(CC(C3)C1)C2. The molecule has 4 saturated carbocycles. The molecule has 1 heterocycles. The monoisotopic (exact) mass is 277 g/mol. The first-order valence-corrected chi connectivity index (χ1v) is 8.59. The molecule has 4 aliphatic carbocycles. The second kappa shape index (κ2) is 5.01. The first-order chi connectivity index (χ1) is 9.73. The molecule has 0 aromatic rings. The van der Waals surface area contributed by atoms with Crippen molar-refractivity contribution in [3.05, 3.63) is 0 Å². The van der Waals surface area contributed by atoms with E-state index in [0.717, 1.165) is 43.9 Å². The van der Waals surface area contributed by atoms with Crippen LogP contribution in [0.15, 0.2) is 0 Å². The van der Waals surface area contributed by atoms with Crippen molar-refractivity contribution in [1.82, 2.24) is 5.32 Å². The van der Waals surface area contributed by atoms with E-state index in [0.29, 0.717) is 11.8 Å². The van der Waals surface area contributed by atoms with E-state index in [2.05, 4.69) is 5.32 Å². The average Bonchev–Trinajstić information content (AvgIpc) is 2.90. The van der Waals surface area contributed by atoms with Crippen molar-refractivity contribution in [1.29, 1.82) is 0 Å². The molecule has 1 amide bonds. The van der Waals surface area contributed by atoms with Crippen molar-refractivity contribution in [3.8, 4) is 0 Å². The minimum Gasteiger partial charge on any atom is -0.381 e. The molecule has 1 atom stereocenters. The van der Waals surface area contributed by atoms with E-state index in [9.17, 15) is 4.79 Å². The Labute approximate surface area is 121 Å². The summed E-state index contributed by atoms with van der Waals surface area (Å²) in [6, 6.07) is 0. The highest BCUT2D eigenvalue weighted by Crippen LogP contribution is 2.60. The van der Waals surface area contributed by atoms with Gasteiger partial charge in [-0.1, -0.05) is 0 Å². The first-order valence-electron chi connectivity index (χ1n) is 8.59. The van der Waals surface area contributed by atoms with Gasteiger partial charge in [-0.25, -0.2) is 0 Å². The Morgan fingerprint density at radius 3 is 2.30 bits per heavy atom. The molecular weight excluding hydrogens is 250 g/mol. The molecule has 0 unspecified atom stereocenters. The number of carbonyl (C=O) groups excluding carboxylic acids is 1. The van der Waals surface area contributed by atoms with Crippen LogP contribution >= 0.6 is 0 Å². The van der Waals surface area contributed by atoms with Crippen LogP contribution < -0.4 is 5.32 Å². The Hall–Kier alpha value is -0.570. The molecule has 0 spiro atoms. The zero-order valence-electron chi connectivity index (χ0n) is 12.4. The van der Waals surface area contributed by atoms with Gasteiger partial charge in [0.1, 0.15) is 0 Å². The van der Waals surface area contributed by atoms with Gasteiger partial charge in [-0.3, -0.25) is 4.79 Å². The molecule has 0 radical (unpaired) electrons. The number of carbonyl (C=O) groups is 1. The van der Waals surface area contributed by atoms with Crippen LogP contribution in [0.25, 0.3) is 0 Å². The van der Waals surface area contributed by atoms with Crippen LogP contribution in [-0.2, 0) is 9.53 Å². The Morgan fingerprint density at radius 1 is 1.10 bits per heavy atom. The van der Waals surface area contributed by atoms with Crippen LogP contribution in [0.5, 0.6) is 0 Å². The Morgan fingerprint density at radius 2 is 1.75 bits per heavy atom. The minimum atomic E-state index is 0.0287. The van der Waals surface area contributed by atoms with Gasteiger partial charge in [0.25, 0.3) is 0 Å². The second-order valence-electron chi connectivity index (χ2n) is 7.97. The predicted molar refractivity (Wildman–Crippen MR) is 77.2 cm³/mol. The van der Waals surface area contributed by atoms with Crippen molar-refractivity contribution in [2.75, 3.05) is 19.8 Å². The number of ether oxygens (including phenoxy) is 1. The highest BCUT2D eigenvalue weighted by Gasteiger charge is 2.54. The molecule has 3 nitrogen and oxygen atoms in total. The van der Waals surface area contributed by atoms with Gasteiger partial charge in [-0.05, 0) is 75.0 Å². The van der Waals surface area contributed by atoms with E-state index in [1.165, 1.54) is 44.9 Å². The number of hydrogen-bond donors (Lipinski definition) is 1. The maximum atomic E-state index is 12.7. The molecule has 1 saturated heterocycles. The zero-order chi connectivity index (χ0) is 13.6. The van der Waals surface area contributed by atoms with Crippen LogP contribution in [0.4, 0.5) is 0 Å². The van der Waals surface area contributed by atoms with Crippen molar-refractivity contribution in [3.63, 3.8) is 0 Å². The second-order valence-corrected chi connectivity index (χ2v) is 7.97. The lowest BCUT2D eigenvalue weighted by Crippen LogP contribution is -2.53. The van der Waals surface area contributed by atoms with Crippen LogP contribution in [0.1, 0.15) is 51.4 Å². The normalized spacial score (nSPS) is 45.8. The highest BCUT2D eigenvalue weighted by molar-refractivity contribution is 5.83. The lowest BCUT2D eigenvalue weighted by atomic mass is 9.49. The van der Waals surface area contributed by atoms with E-state index in [4.69, 9.17) is 4.74 Å². The molecule has 0 aromatic carbocycles. The fraction of sp³-hybridized carbons (Fsp3) is 0.941. The number of amides is 1. The molecule has 112 valence electrons. The molecule has 1 N–H and O–H groups in total. The lowest BCUT2D eigenvalue weighted by Gasteiger charge is -2.55. The fourth-order valence-electron chi connectivity index (χ4n) is 5.78.